The molecule has 0 rings (SSSR count). The number of rotatable bonds is 6. The highest BCUT2D eigenvalue weighted by Crippen LogP contribution is 2.05. The van der Waals surface area contributed by atoms with Crippen LogP contribution < -0.4 is 0 Å². The molecule has 0 spiro atoms. The summed E-state index contributed by atoms with van der Waals surface area (Å²) in [7, 11) is -3.77. The highest BCUT2D eigenvalue weighted by molar-refractivity contribution is 7.89. The Morgan fingerprint density at radius 1 is 1.31 bits per heavy atom. The van der Waals surface area contributed by atoms with Crippen molar-refractivity contribution in [3.8, 4) is 6.07 Å². The molecular formula is C9H14N2O4S. The van der Waals surface area contributed by atoms with E-state index in [2.05, 4.69) is 0 Å². The van der Waals surface area contributed by atoms with Crippen LogP contribution in [0.25, 0.3) is 0 Å². The van der Waals surface area contributed by atoms with Gasteiger partial charge in [-0.05, 0) is 13.3 Å². The van der Waals surface area contributed by atoms with E-state index >= 15 is 0 Å². The van der Waals surface area contributed by atoms with Gasteiger partial charge in [0.2, 0.25) is 15.9 Å². The zero-order valence-corrected chi connectivity index (χ0v) is 10.1. The van der Waals surface area contributed by atoms with Crippen molar-refractivity contribution in [1.29, 1.82) is 5.26 Å². The Kier molecular flexibility index (Phi) is 5.67. The van der Waals surface area contributed by atoms with E-state index in [1.807, 2.05) is 0 Å². The van der Waals surface area contributed by atoms with E-state index in [0.29, 0.717) is 4.31 Å². The first-order chi connectivity index (χ1) is 7.31. The normalized spacial score (nSPS) is 10.6. The number of hydrogen-bond acceptors (Lipinski definition) is 5. The van der Waals surface area contributed by atoms with E-state index in [-0.39, 0.29) is 24.4 Å². The summed E-state index contributed by atoms with van der Waals surface area (Å²) in [4.78, 5) is 21.6. The highest BCUT2D eigenvalue weighted by Gasteiger charge is 2.23. The number of hydrogen-bond donors (Lipinski definition) is 0. The molecule has 0 N–H and O–H groups in total. The smallest absolute Gasteiger partial charge is 0.238 e. The van der Waals surface area contributed by atoms with Crippen LogP contribution in [0.2, 0.25) is 0 Å². The van der Waals surface area contributed by atoms with Crippen LogP contribution in [0.4, 0.5) is 0 Å². The summed E-state index contributed by atoms with van der Waals surface area (Å²) in [6.07, 6.45) is 0.310. The van der Waals surface area contributed by atoms with E-state index in [4.69, 9.17) is 5.26 Å². The number of nitriles is 1. The lowest BCUT2D eigenvalue weighted by molar-refractivity contribution is -0.123. The number of ketones is 1. The minimum absolute atomic E-state index is 0.107. The molecule has 0 aromatic carbocycles. The van der Waals surface area contributed by atoms with E-state index < -0.39 is 22.5 Å². The topological polar surface area (TPSA) is 95.3 Å². The van der Waals surface area contributed by atoms with Gasteiger partial charge in [-0.15, -0.1) is 0 Å². The lowest BCUT2D eigenvalue weighted by Gasteiger charge is -2.17. The fourth-order valence-corrected chi connectivity index (χ4v) is 2.46. The van der Waals surface area contributed by atoms with E-state index in [0.717, 1.165) is 6.92 Å². The molecule has 0 aromatic heterocycles. The van der Waals surface area contributed by atoms with Crippen LogP contribution in [-0.2, 0) is 19.6 Å². The summed E-state index contributed by atoms with van der Waals surface area (Å²) in [5.74, 6) is -1.09. The van der Waals surface area contributed by atoms with Gasteiger partial charge in [0.1, 0.15) is 12.3 Å². The third-order valence-corrected chi connectivity index (χ3v) is 3.69. The van der Waals surface area contributed by atoms with Crippen LogP contribution in [-0.4, -0.2) is 36.7 Å². The molecule has 6 nitrogen and oxygen atoms in total. The fraction of sp³-hybridized carbons (Fsp3) is 0.667. The maximum atomic E-state index is 11.6. The van der Waals surface area contributed by atoms with Gasteiger partial charge in [-0.1, -0.05) is 0 Å². The van der Waals surface area contributed by atoms with Crippen molar-refractivity contribution >= 4 is 21.7 Å². The quantitative estimate of drug-likeness (QED) is 0.617. The van der Waals surface area contributed by atoms with Gasteiger partial charge in [-0.3, -0.25) is 4.79 Å². The zero-order chi connectivity index (χ0) is 12.8. The molecule has 0 heterocycles. The third kappa shape index (κ3) is 4.89. The van der Waals surface area contributed by atoms with Gasteiger partial charge >= 0.3 is 0 Å². The lowest BCUT2D eigenvalue weighted by atomic mass is 10.3. The molecular weight excluding hydrogens is 232 g/mol. The Morgan fingerprint density at radius 3 is 2.25 bits per heavy atom. The molecule has 7 heteroatoms. The largest absolute Gasteiger partial charge is 0.300 e. The Morgan fingerprint density at radius 2 is 1.88 bits per heavy atom. The molecule has 0 saturated heterocycles. The van der Waals surface area contributed by atoms with E-state index in [1.54, 1.807) is 6.07 Å². The summed E-state index contributed by atoms with van der Waals surface area (Å²) in [5.41, 5.74) is 0. The molecule has 0 bridgehead atoms. The summed E-state index contributed by atoms with van der Waals surface area (Å²) in [5, 5.41) is 8.40. The summed E-state index contributed by atoms with van der Waals surface area (Å²) >= 11 is 0. The Balaban J connectivity index is 4.56. The predicted octanol–water partition coefficient (Wildman–Crippen LogP) is 0.0575. The van der Waals surface area contributed by atoms with Gasteiger partial charge in [0.25, 0.3) is 0 Å². The maximum Gasteiger partial charge on any atom is 0.238 e. The third-order valence-electron chi connectivity index (χ3n) is 1.83. The average Bonchev–Trinajstić information content (AvgIpc) is 2.12. The van der Waals surface area contributed by atoms with Crippen LogP contribution in [0.5, 0.6) is 0 Å². The van der Waals surface area contributed by atoms with Gasteiger partial charge in [-0.2, -0.15) is 5.26 Å². The number of amides is 1. The fourth-order valence-electron chi connectivity index (χ4n) is 1.08. The average molecular weight is 246 g/mol. The Hall–Kier alpha value is -1.42. The maximum absolute atomic E-state index is 11.6. The van der Waals surface area contributed by atoms with Crippen molar-refractivity contribution in [1.82, 2.24) is 4.31 Å². The molecule has 0 fully saturated rings. The van der Waals surface area contributed by atoms with Crippen molar-refractivity contribution in [2.45, 2.75) is 26.7 Å². The minimum Gasteiger partial charge on any atom is -0.300 e. The zero-order valence-electron chi connectivity index (χ0n) is 9.26. The highest BCUT2D eigenvalue weighted by atomic mass is 32.2. The van der Waals surface area contributed by atoms with Gasteiger partial charge in [0.05, 0.1) is 11.8 Å². The van der Waals surface area contributed by atoms with Crippen LogP contribution in [0.15, 0.2) is 0 Å². The summed E-state index contributed by atoms with van der Waals surface area (Å²) in [6, 6.07) is 1.61. The number of carbonyl (C=O) groups excluding carboxylic acids is 2. The van der Waals surface area contributed by atoms with Gasteiger partial charge < -0.3 is 4.79 Å². The van der Waals surface area contributed by atoms with E-state index in [9.17, 15) is 18.0 Å². The molecule has 0 aliphatic carbocycles. The number of sulfonamides is 1. The molecule has 16 heavy (non-hydrogen) atoms. The van der Waals surface area contributed by atoms with Gasteiger partial charge in [-0.25, -0.2) is 12.7 Å². The van der Waals surface area contributed by atoms with Crippen LogP contribution in [0, 0.1) is 11.3 Å². The molecule has 90 valence electrons. The summed E-state index contributed by atoms with van der Waals surface area (Å²) in [6.45, 7) is 1.96. The summed E-state index contributed by atoms with van der Waals surface area (Å²) < 4.78 is 23.7. The molecule has 0 aromatic rings. The number of Topliss-reactive ketones (excluding diaryl/α,β-unsaturated/α-hetero) is 1. The Labute approximate surface area is 94.9 Å². The van der Waals surface area contributed by atoms with Gasteiger partial charge in [0.15, 0.2) is 0 Å². The van der Waals surface area contributed by atoms with Crippen molar-refractivity contribution in [3.05, 3.63) is 0 Å². The van der Waals surface area contributed by atoms with Crippen LogP contribution in [0.1, 0.15) is 26.7 Å². The van der Waals surface area contributed by atoms with Crippen LogP contribution in [0.3, 0.4) is 0 Å². The predicted molar refractivity (Wildman–Crippen MR) is 56.7 cm³/mol. The Bertz CT molecular complexity index is 408. The second-order valence-electron chi connectivity index (χ2n) is 3.31. The van der Waals surface area contributed by atoms with Crippen molar-refractivity contribution in [3.63, 3.8) is 0 Å². The molecule has 0 saturated carbocycles. The number of nitrogens with zero attached hydrogens (tertiary/aromatic N) is 2. The first kappa shape index (κ1) is 14.6. The first-order valence-electron chi connectivity index (χ1n) is 4.68. The second kappa shape index (κ2) is 6.23. The standard InChI is InChI=1S/C9H14N2O4S/c1-8(12)4-3-7-16(14,15)11(6-5-10)9(2)13/h3-4,6-7H2,1-2H3. The van der Waals surface area contributed by atoms with Crippen molar-refractivity contribution in [2.75, 3.05) is 12.3 Å². The SMILES string of the molecule is CC(=O)CCCS(=O)(=O)N(CC#N)C(C)=O. The molecule has 1 amide bonds. The van der Waals surface area contributed by atoms with Crippen LogP contribution >= 0.6 is 0 Å². The van der Waals surface area contributed by atoms with Gasteiger partial charge in [0, 0.05) is 13.3 Å². The minimum atomic E-state index is -3.77. The van der Waals surface area contributed by atoms with Crippen molar-refractivity contribution in [2.24, 2.45) is 0 Å². The molecule has 0 aliphatic rings. The lowest BCUT2D eigenvalue weighted by Crippen LogP contribution is -2.37. The second-order valence-corrected chi connectivity index (χ2v) is 5.32. The molecule has 0 atom stereocenters. The molecule has 0 unspecified atom stereocenters. The monoisotopic (exact) mass is 246 g/mol. The van der Waals surface area contributed by atoms with E-state index in [1.165, 1.54) is 6.92 Å². The molecule has 0 radical (unpaired) electrons. The molecule has 0 aliphatic heterocycles. The first-order valence-corrected chi connectivity index (χ1v) is 6.29. The van der Waals surface area contributed by atoms with Crippen molar-refractivity contribution < 1.29 is 18.0 Å². The number of carbonyl (C=O) groups is 2.